The normalized spacial score (nSPS) is 21.8. The van der Waals surface area contributed by atoms with Crippen LogP contribution in [-0.4, -0.2) is 47.6 Å². The van der Waals surface area contributed by atoms with E-state index in [0.29, 0.717) is 0 Å². The number of carboxylic acid groups (broad SMARTS) is 1. The molecule has 2 N–H and O–H groups in total. The molecule has 0 atom stereocenters. The molecule has 1 aromatic rings. The van der Waals surface area contributed by atoms with Gasteiger partial charge in [-0.05, 0) is 37.0 Å². The van der Waals surface area contributed by atoms with E-state index in [1.54, 1.807) is 0 Å². The molecule has 0 aromatic heterocycles. The molecule has 1 aliphatic heterocycles. The Morgan fingerprint density at radius 3 is 2.48 bits per heavy atom. The van der Waals surface area contributed by atoms with Crippen molar-refractivity contribution in [2.24, 2.45) is 5.92 Å². The second kappa shape index (κ2) is 4.49. The van der Waals surface area contributed by atoms with Gasteiger partial charge in [0.1, 0.15) is 5.82 Å². The van der Waals surface area contributed by atoms with Gasteiger partial charge in [-0.1, -0.05) is 0 Å². The molecule has 114 valence electrons. The lowest BCUT2D eigenvalue weighted by Crippen LogP contribution is -2.64. The molecule has 0 bridgehead atoms. The number of hydrogen-bond acceptors (Lipinski definition) is 4. The van der Waals surface area contributed by atoms with Crippen molar-refractivity contribution in [3.63, 3.8) is 0 Å². The highest BCUT2D eigenvalue weighted by Crippen LogP contribution is 2.45. The average Bonchev–Trinajstić information content (AvgIpc) is 3.19. The Balaban J connectivity index is 1.86. The van der Waals surface area contributed by atoms with Crippen LogP contribution in [0.4, 0.5) is 4.39 Å². The fourth-order valence-corrected chi connectivity index (χ4v) is 4.18. The first-order chi connectivity index (χ1) is 9.74. The molecule has 1 heterocycles. The van der Waals surface area contributed by atoms with Crippen molar-refractivity contribution < 1.29 is 27.8 Å². The lowest BCUT2D eigenvalue weighted by Gasteiger charge is -2.45. The maximum Gasteiger partial charge on any atom is 0.338 e. The predicted octanol–water partition coefficient (Wildman–Crippen LogP) is 0.669. The molecular formula is C13H14FNO5S. The molecule has 1 saturated carbocycles. The van der Waals surface area contributed by atoms with Crippen LogP contribution < -0.4 is 0 Å². The maximum absolute atomic E-state index is 13.3. The summed E-state index contributed by atoms with van der Waals surface area (Å²) in [7, 11) is -3.91. The second-order valence-corrected chi connectivity index (χ2v) is 7.54. The minimum atomic E-state index is -3.91. The molecule has 2 aliphatic rings. The van der Waals surface area contributed by atoms with E-state index in [1.165, 1.54) is 0 Å². The molecule has 2 fully saturated rings. The Hall–Kier alpha value is -1.51. The average molecular weight is 315 g/mol. The SMILES string of the molecule is O=C(O)c1cc(S(=O)(=O)N2CC(O)(C3CC3)C2)ccc1F. The lowest BCUT2D eigenvalue weighted by atomic mass is 9.91. The molecule has 0 spiro atoms. The first kappa shape index (κ1) is 14.4. The maximum atomic E-state index is 13.3. The van der Waals surface area contributed by atoms with E-state index in [1.807, 2.05) is 0 Å². The molecule has 0 amide bonds. The van der Waals surface area contributed by atoms with Crippen LogP contribution in [0.25, 0.3) is 0 Å². The highest BCUT2D eigenvalue weighted by Gasteiger charge is 2.55. The molecule has 3 rings (SSSR count). The van der Waals surface area contributed by atoms with Gasteiger partial charge in [0, 0.05) is 13.1 Å². The smallest absolute Gasteiger partial charge is 0.338 e. The number of nitrogens with zero attached hydrogens (tertiary/aromatic N) is 1. The number of rotatable bonds is 4. The largest absolute Gasteiger partial charge is 0.478 e. The van der Waals surface area contributed by atoms with Gasteiger partial charge in [-0.2, -0.15) is 4.31 Å². The van der Waals surface area contributed by atoms with E-state index in [2.05, 4.69) is 0 Å². The number of carbonyl (C=O) groups is 1. The number of hydrogen-bond donors (Lipinski definition) is 2. The van der Waals surface area contributed by atoms with Crippen LogP contribution in [0.3, 0.4) is 0 Å². The van der Waals surface area contributed by atoms with Gasteiger partial charge in [-0.3, -0.25) is 0 Å². The summed E-state index contributed by atoms with van der Waals surface area (Å²) in [6, 6.07) is 2.66. The van der Waals surface area contributed by atoms with Crippen molar-refractivity contribution >= 4 is 16.0 Å². The Labute approximate surface area is 120 Å². The third kappa shape index (κ3) is 2.33. The van der Waals surface area contributed by atoms with E-state index in [9.17, 15) is 22.7 Å². The van der Waals surface area contributed by atoms with Crippen molar-refractivity contribution in [2.75, 3.05) is 13.1 Å². The third-order valence-electron chi connectivity index (χ3n) is 4.04. The first-order valence-electron chi connectivity index (χ1n) is 6.49. The van der Waals surface area contributed by atoms with Gasteiger partial charge >= 0.3 is 5.97 Å². The highest BCUT2D eigenvalue weighted by molar-refractivity contribution is 7.89. The van der Waals surface area contributed by atoms with E-state index in [4.69, 9.17) is 5.11 Å². The number of aromatic carboxylic acids is 1. The summed E-state index contributed by atoms with van der Waals surface area (Å²) in [5.74, 6) is -2.37. The van der Waals surface area contributed by atoms with Crippen LogP contribution in [-0.2, 0) is 10.0 Å². The molecular weight excluding hydrogens is 301 g/mol. The summed E-state index contributed by atoms with van der Waals surface area (Å²) in [6.07, 6.45) is 1.79. The predicted molar refractivity (Wildman–Crippen MR) is 69.8 cm³/mol. The number of halogens is 1. The van der Waals surface area contributed by atoms with Crippen molar-refractivity contribution in [1.82, 2.24) is 4.31 Å². The fraction of sp³-hybridized carbons (Fsp3) is 0.462. The van der Waals surface area contributed by atoms with Crippen molar-refractivity contribution in [1.29, 1.82) is 0 Å². The van der Waals surface area contributed by atoms with Crippen LogP contribution in [0.2, 0.25) is 0 Å². The van der Waals surface area contributed by atoms with E-state index in [-0.39, 0.29) is 23.9 Å². The zero-order chi connectivity index (χ0) is 15.4. The zero-order valence-corrected chi connectivity index (χ0v) is 11.8. The Bertz CT molecular complexity index is 707. The fourth-order valence-electron chi connectivity index (χ4n) is 2.59. The van der Waals surface area contributed by atoms with Gasteiger partial charge in [0.05, 0.1) is 16.1 Å². The first-order valence-corrected chi connectivity index (χ1v) is 7.93. The van der Waals surface area contributed by atoms with Gasteiger partial charge < -0.3 is 10.2 Å². The van der Waals surface area contributed by atoms with Crippen molar-refractivity contribution in [3.05, 3.63) is 29.6 Å². The number of sulfonamides is 1. The lowest BCUT2D eigenvalue weighted by molar-refractivity contribution is -0.0764. The van der Waals surface area contributed by atoms with Gasteiger partial charge in [-0.15, -0.1) is 0 Å². The van der Waals surface area contributed by atoms with Crippen LogP contribution in [0.1, 0.15) is 23.2 Å². The molecule has 1 aliphatic carbocycles. The third-order valence-corrected chi connectivity index (χ3v) is 5.83. The van der Waals surface area contributed by atoms with Crippen LogP contribution >= 0.6 is 0 Å². The summed E-state index contributed by atoms with van der Waals surface area (Å²) in [6.45, 7) is -0.000434. The number of aliphatic hydroxyl groups is 1. The zero-order valence-electron chi connectivity index (χ0n) is 11.0. The summed E-state index contributed by atoms with van der Waals surface area (Å²) in [5, 5.41) is 19.0. The van der Waals surface area contributed by atoms with Gasteiger partial charge in [-0.25, -0.2) is 17.6 Å². The van der Waals surface area contributed by atoms with E-state index >= 15 is 0 Å². The Kier molecular flexibility index (Phi) is 3.09. The second-order valence-electron chi connectivity index (χ2n) is 5.60. The minimum Gasteiger partial charge on any atom is -0.478 e. The van der Waals surface area contributed by atoms with E-state index < -0.39 is 33.0 Å². The van der Waals surface area contributed by atoms with Crippen LogP contribution in [0.15, 0.2) is 23.1 Å². The monoisotopic (exact) mass is 315 g/mol. The highest BCUT2D eigenvalue weighted by atomic mass is 32.2. The minimum absolute atomic E-state index is 0.000217. The van der Waals surface area contributed by atoms with Crippen LogP contribution in [0, 0.1) is 11.7 Å². The molecule has 1 saturated heterocycles. The van der Waals surface area contributed by atoms with Gasteiger partial charge in [0.15, 0.2) is 0 Å². The topological polar surface area (TPSA) is 94.9 Å². The molecule has 8 heteroatoms. The number of β-amino-alcohol motifs (C(OH)–C–C–N with tert-alkyl or cyclic N) is 1. The molecule has 6 nitrogen and oxygen atoms in total. The Morgan fingerprint density at radius 2 is 1.95 bits per heavy atom. The molecule has 21 heavy (non-hydrogen) atoms. The quantitative estimate of drug-likeness (QED) is 0.851. The van der Waals surface area contributed by atoms with Crippen molar-refractivity contribution in [3.8, 4) is 0 Å². The van der Waals surface area contributed by atoms with Gasteiger partial charge in [0.2, 0.25) is 10.0 Å². The summed E-state index contributed by atoms with van der Waals surface area (Å²) >= 11 is 0. The number of carboxylic acids is 1. The van der Waals surface area contributed by atoms with Gasteiger partial charge in [0.25, 0.3) is 0 Å². The summed E-state index contributed by atoms with van der Waals surface area (Å²) in [4.78, 5) is 10.6. The molecule has 0 radical (unpaired) electrons. The van der Waals surface area contributed by atoms with Crippen LogP contribution in [0.5, 0.6) is 0 Å². The van der Waals surface area contributed by atoms with E-state index in [0.717, 1.165) is 35.3 Å². The Morgan fingerprint density at radius 1 is 1.33 bits per heavy atom. The standard InChI is InChI=1S/C13H14FNO5S/c14-11-4-3-9(5-10(11)12(16)17)21(19,20)15-6-13(18,7-15)8-1-2-8/h3-5,8,18H,1-2,6-7H2,(H,16,17). The summed E-state index contributed by atoms with van der Waals surface area (Å²) < 4.78 is 39.1. The molecule has 1 aromatic carbocycles. The van der Waals surface area contributed by atoms with Crippen molar-refractivity contribution in [2.45, 2.75) is 23.3 Å². The number of benzene rings is 1. The summed E-state index contributed by atoms with van der Waals surface area (Å²) in [5.41, 5.74) is -1.66. The molecule has 0 unspecified atom stereocenters.